The number of H-pyrrole nitrogens is 2. The number of carbonyl (C=O) groups is 1. The highest BCUT2D eigenvalue weighted by molar-refractivity contribution is 6.11. The molecule has 1 aliphatic heterocycles. The van der Waals surface area contributed by atoms with Crippen LogP contribution in [0.5, 0.6) is 0 Å². The maximum Gasteiger partial charge on any atom is 0.272 e. The molecule has 142 valence electrons. The van der Waals surface area contributed by atoms with Gasteiger partial charge >= 0.3 is 0 Å². The minimum absolute atomic E-state index is 0.159. The van der Waals surface area contributed by atoms with Crippen molar-refractivity contribution in [2.45, 2.75) is 18.8 Å². The summed E-state index contributed by atoms with van der Waals surface area (Å²) in [6, 6.07) is 10.7. The van der Waals surface area contributed by atoms with Crippen LogP contribution in [0.2, 0.25) is 0 Å². The van der Waals surface area contributed by atoms with E-state index in [0.717, 1.165) is 42.5 Å². The first-order valence-electron chi connectivity index (χ1n) is 9.41. The van der Waals surface area contributed by atoms with Crippen LogP contribution in [-0.2, 0) is 0 Å². The number of nitrogens with one attached hydrogen (secondary N) is 4. The summed E-state index contributed by atoms with van der Waals surface area (Å²) in [7, 11) is 0. The summed E-state index contributed by atoms with van der Waals surface area (Å²) in [5, 5.41) is 11.7. The second-order valence-corrected chi connectivity index (χ2v) is 7.08. The van der Waals surface area contributed by atoms with E-state index in [0.29, 0.717) is 17.0 Å². The van der Waals surface area contributed by atoms with Crippen molar-refractivity contribution in [2.24, 2.45) is 0 Å². The van der Waals surface area contributed by atoms with Crippen LogP contribution in [0.3, 0.4) is 0 Å². The van der Waals surface area contributed by atoms with Gasteiger partial charge in [-0.05, 0) is 50.2 Å². The molecule has 8 nitrogen and oxygen atoms in total. The van der Waals surface area contributed by atoms with Gasteiger partial charge in [-0.2, -0.15) is 5.10 Å². The molecule has 28 heavy (non-hydrogen) atoms. The Bertz CT molecular complexity index is 1210. The summed E-state index contributed by atoms with van der Waals surface area (Å²) in [5.74, 6) is 0.0334. The topological polar surface area (TPSA) is 107 Å². The van der Waals surface area contributed by atoms with E-state index in [4.69, 9.17) is 5.10 Å². The molecule has 1 amide bonds. The van der Waals surface area contributed by atoms with Gasteiger partial charge in [-0.25, -0.2) is 4.52 Å². The van der Waals surface area contributed by atoms with Crippen LogP contribution in [0.4, 0.5) is 5.69 Å². The first-order valence-corrected chi connectivity index (χ1v) is 9.41. The van der Waals surface area contributed by atoms with Gasteiger partial charge in [0.25, 0.3) is 11.5 Å². The number of hydrogen-bond acceptors (Lipinski definition) is 4. The molecule has 8 heteroatoms. The van der Waals surface area contributed by atoms with Crippen LogP contribution >= 0.6 is 0 Å². The molecule has 5 rings (SSSR count). The first kappa shape index (κ1) is 16.8. The van der Waals surface area contributed by atoms with Gasteiger partial charge in [0.15, 0.2) is 0 Å². The second-order valence-electron chi connectivity index (χ2n) is 7.08. The zero-order valence-electron chi connectivity index (χ0n) is 15.2. The van der Waals surface area contributed by atoms with Crippen molar-refractivity contribution in [3.8, 4) is 0 Å². The van der Waals surface area contributed by atoms with Crippen molar-refractivity contribution in [3.05, 3.63) is 64.3 Å². The van der Waals surface area contributed by atoms with E-state index in [2.05, 4.69) is 20.6 Å². The number of anilines is 1. The molecule has 4 aromatic rings. The molecule has 1 saturated heterocycles. The van der Waals surface area contributed by atoms with Crippen LogP contribution in [0.25, 0.3) is 16.6 Å². The Labute approximate surface area is 160 Å². The van der Waals surface area contributed by atoms with Gasteiger partial charge in [0.2, 0.25) is 0 Å². The standard InChI is InChI=1S/C20H20N6O2/c27-17-11-16(12-6-9-21-10-7-12)26-19(24-17)18-13(3-1-4-14(18)25-26)23-20(28)15-5-2-8-22-15/h1-5,8,11-12,21-22H,6-7,9-10H2,(H,23,28)(H,24,27). The molecule has 1 fully saturated rings. The lowest BCUT2D eigenvalue weighted by Crippen LogP contribution is -2.28. The monoisotopic (exact) mass is 376 g/mol. The average molecular weight is 376 g/mol. The fourth-order valence-electron chi connectivity index (χ4n) is 3.96. The van der Waals surface area contributed by atoms with Gasteiger partial charge in [0, 0.05) is 18.2 Å². The average Bonchev–Trinajstić information content (AvgIpc) is 3.36. The number of fused-ring (bicyclic) bond motifs is 3. The van der Waals surface area contributed by atoms with E-state index in [1.165, 1.54) is 0 Å². The largest absolute Gasteiger partial charge is 0.357 e. The van der Waals surface area contributed by atoms with E-state index < -0.39 is 0 Å². The molecule has 0 saturated carbocycles. The van der Waals surface area contributed by atoms with E-state index in [-0.39, 0.29) is 17.4 Å². The van der Waals surface area contributed by atoms with Gasteiger partial charge < -0.3 is 20.6 Å². The zero-order chi connectivity index (χ0) is 19.1. The normalized spacial score (nSPS) is 15.3. The minimum atomic E-state index is -0.242. The fourth-order valence-corrected chi connectivity index (χ4v) is 3.96. The predicted octanol–water partition coefficient (Wildman–Crippen LogP) is 2.22. The van der Waals surface area contributed by atoms with E-state index in [1.807, 2.05) is 22.7 Å². The number of aromatic nitrogens is 4. The molecule has 0 aliphatic carbocycles. The highest BCUT2D eigenvalue weighted by atomic mass is 16.2. The van der Waals surface area contributed by atoms with E-state index in [1.54, 1.807) is 24.4 Å². The van der Waals surface area contributed by atoms with Crippen molar-refractivity contribution in [1.29, 1.82) is 0 Å². The molecular formula is C20H20N6O2. The molecule has 0 unspecified atom stereocenters. The SMILES string of the molecule is O=C(Nc1cccc2nn3c(C4CCNCC4)cc(=O)[nH]c3c12)c1ccc[nH]1. The number of piperidine rings is 1. The lowest BCUT2D eigenvalue weighted by atomic mass is 9.94. The summed E-state index contributed by atoms with van der Waals surface area (Å²) >= 11 is 0. The summed E-state index contributed by atoms with van der Waals surface area (Å²) in [4.78, 5) is 30.7. The quantitative estimate of drug-likeness (QED) is 0.440. The lowest BCUT2D eigenvalue weighted by Gasteiger charge is -2.23. The molecule has 0 spiro atoms. The fraction of sp³-hybridized carbons (Fsp3) is 0.250. The molecule has 4 heterocycles. The third-order valence-corrected chi connectivity index (χ3v) is 5.31. The third kappa shape index (κ3) is 2.78. The van der Waals surface area contributed by atoms with Crippen LogP contribution in [-0.4, -0.2) is 38.6 Å². The molecule has 4 N–H and O–H groups in total. The number of nitrogens with zero attached hydrogens (tertiary/aromatic N) is 2. The number of amides is 1. The molecule has 1 aliphatic rings. The van der Waals surface area contributed by atoms with Gasteiger partial charge in [-0.1, -0.05) is 6.07 Å². The van der Waals surface area contributed by atoms with Crippen LogP contribution < -0.4 is 16.2 Å². The third-order valence-electron chi connectivity index (χ3n) is 5.31. The summed E-state index contributed by atoms with van der Waals surface area (Å²) < 4.78 is 1.83. The molecular weight excluding hydrogens is 356 g/mol. The van der Waals surface area contributed by atoms with Crippen molar-refractivity contribution in [1.82, 2.24) is 24.9 Å². The number of rotatable bonds is 3. The van der Waals surface area contributed by atoms with Crippen molar-refractivity contribution in [3.63, 3.8) is 0 Å². The van der Waals surface area contributed by atoms with Crippen molar-refractivity contribution in [2.75, 3.05) is 18.4 Å². The maximum atomic E-state index is 12.5. The first-order chi connectivity index (χ1) is 13.7. The Kier molecular flexibility index (Phi) is 3.98. The van der Waals surface area contributed by atoms with Crippen LogP contribution in [0.1, 0.15) is 34.9 Å². The molecule has 1 aromatic carbocycles. The maximum absolute atomic E-state index is 12.5. The van der Waals surface area contributed by atoms with Gasteiger partial charge in [-0.3, -0.25) is 9.59 Å². The Morgan fingerprint density at radius 1 is 1.18 bits per heavy atom. The van der Waals surface area contributed by atoms with E-state index in [9.17, 15) is 9.59 Å². The highest BCUT2D eigenvalue weighted by Crippen LogP contribution is 2.30. The van der Waals surface area contributed by atoms with E-state index >= 15 is 0 Å². The number of benzene rings is 1. The van der Waals surface area contributed by atoms with Crippen molar-refractivity contribution < 1.29 is 4.79 Å². The summed E-state index contributed by atoms with van der Waals surface area (Å²) in [5.41, 5.74) is 3.17. The molecule has 3 aromatic heterocycles. The number of hydrogen-bond donors (Lipinski definition) is 4. The minimum Gasteiger partial charge on any atom is -0.357 e. The van der Waals surface area contributed by atoms with Crippen molar-refractivity contribution >= 4 is 28.1 Å². The molecule has 0 atom stereocenters. The zero-order valence-corrected chi connectivity index (χ0v) is 15.2. The van der Waals surface area contributed by atoms with Gasteiger partial charge in [0.1, 0.15) is 11.3 Å². The van der Waals surface area contributed by atoms with Gasteiger partial charge in [0.05, 0.1) is 22.3 Å². The lowest BCUT2D eigenvalue weighted by molar-refractivity contribution is 0.102. The van der Waals surface area contributed by atoms with Crippen LogP contribution in [0.15, 0.2) is 47.4 Å². The molecule has 0 radical (unpaired) electrons. The summed E-state index contributed by atoms with van der Waals surface area (Å²) in [6.07, 6.45) is 3.63. The smallest absolute Gasteiger partial charge is 0.272 e. The number of carbonyl (C=O) groups excluding carboxylic acids is 1. The highest BCUT2D eigenvalue weighted by Gasteiger charge is 2.22. The Hall–Kier alpha value is -3.39. The number of aromatic amines is 2. The summed E-state index contributed by atoms with van der Waals surface area (Å²) in [6.45, 7) is 1.86. The second kappa shape index (κ2) is 6.65. The van der Waals surface area contributed by atoms with Gasteiger partial charge in [-0.15, -0.1) is 0 Å². The Morgan fingerprint density at radius 2 is 2.04 bits per heavy atom. The molecule has 0 bridgehead atoms. The van der Waals surface area contributed by atoms with Crippen LogP contribution in [0, 0.1) is 0 Å². The Morgan fingerprint density at radius 3 is 2.82 bits per heavy atom. The predicted molar refractivity (Wildman–Crippen MR) is 107 cm³/mol. The Balaban J connectivity index is 1.67.